The first-order valence-corrected chi connectivity index (χ1v) is 7.06. The highest BCUT2D eigenvalue weighted by atomic mass is 32.2. The van der Waals surface area contributed by atoms with E-state index in [9.17, 15) is 13.2 Å². The van der Waals surface area contributed by atoms with Crippen LogP contribution >= 0.6 is 0 Å². The fourth-order valence-electron chi connectivity index (χ4n) is 2.02. The van der Waals surface area contributed by atoms with Crippen molar-refractivity contribution in [3.8, 4) is 0 Å². The zero-order valence-corrected chi connectivity index (χ0v) is 10.8. The van der Waals surface area contributed by atoms with Gasteiger partial charge < -0.3 is 9.67 Å². The fraction of sp³-hybridized carbons (Fsp3) is 0.600. The van der Waals surface area contributed by atoms with E-state index in [4.69, 9.17) is 5.11 Å². The van der Waals surface area contributed by atoms with E-state index in [0.717, 1.165) is 0 Å². The van der Waals surface area contributed by atoms with E-state index in [2.05, 4.69) is 4.98 Å². The maximum atomic E-state index is 12.2. The topological polar surface area (TPSA) is 92.5 Å². The van der Waals surface area contributed by atoms with Gasteiger partial charge in [0.1, 0.15) is 0 Å². The van der Waals surface area contributed by atoms with Crippen LogP contribution in [0.2, 0.25) is 0 Å². The number of rotatable bonds is 3. The number of nitrogens with zero attached hydrogens (tertiary/aromatic N) is 3. The number of hydrogen-bond donors (Lipinski definition) is 1. The number of aromatic nitrogens is 2. The largest absolute Gasteiger partial charge is 0.481 e. The smallest absolute Gasteiger partial charge is 0.307 e. The fourth-order valence-corrected chi connectivity index (χ4v) is 3.51. The third-order valence-corrected chi connectivity index (χ3v) is 4.77. The van der Waals surface area contributed by atoms with E-state index in [-0.39, 0.29) is 11.6 Å². The van der Waals surface area contributed by atoms with Gasteiger partial charge in [0.2, 0.25) is 0 Å². The summed E-state index contributed by atoms with van der Waals surface area (Å²) in [7, 11) is -1.99. The molecule has 2 heterocycles. The summed E-state index contributed by atoms with van der Waals surface area (Å²) >= 11 is 0. The molecular weight excluding hydrogens is 258 g/mol. The molecule has 18 heavy (non-hydrogen) atoms. The number of carboxylic acid groups (broad SMARTS) is 1. The maximum Gasteiger partial charge on any atom is 0.307 e. The van der Waals surface area contributed by atoms with Gasteiger partial charge in [0.25, 0.3) is 10.0 Å². The number of aryl methyl sites for hydroxylation is 1. The molecule has 7 nitrogen and oxygen atoms in total. The van der Waals surface area contributed by atoms with Gasteiger partial charge in [-0.1, -0.05) is 0 Å². The zero-order valence-electron chi connectivity index (χ0n) is 9.98. The molecule has 0 aromatic carbocycles. The Morgan fingerprint density at radius 3 is 2.83 bits per heavy atom. The molecule has 8 heteroatoms. The number of carboxylic acids is 1. The molecule has 0 radical (unpaired) electrons. The predicted octanol–water partition coefficient (Wildman–Crippen LogP) is -0.0946. The van der Waals surface area contributed by atoms with Crippen molar-refractivity contribution in [1.82, 2.24) is 13.9 Å². The van der Waals surface area contributed by atoms with E-state index in [1.165, 1.54) is 16.8 Å². The Balaban J connectivity index is 2.22. The lowest BCUT2D eigenvalue weighted by Crippen LogP contribution is -2.42. The van der Waals surface area contributed by atoms with E-state index in [0.29, 0.717) is 19.4 Å². The molecule has 1 unspecified atom stereocenters. The average molecular weight is 273 g/mol. The molecule has 1 aliphatic heterocycles. The molecule has 0 aliphatic carbocycles. The second-order valence-corrected chi connectivity index (χ2v) is 6.30. The van der Waals surface area contributed by atoms with Gasteiger partial charge in [0.05, 0.1) is 12.2 Å². The minimum absolute atomic E-state index is 0.0221. The molecular formula is C10H15N3O4S. The number of aliphatic carboxylic acids is 1. The highest BCUT2D eigenvalue weighted by molar-refractivity contribution is 7.89. The van der Waals surface area contributed by atoms with E-state index in [1.807, 2.05) is 0 Å². The van der Waals surface area contributed by atoms with Crippen LogP contribution in [0, 0.1) is 5.92 Å². The standard InChI is InChI=1S/C10H15N3O4S/c1-12-6-9(11-7-12)18(16,17)13-4-2-3-8(5-13)10(14)15/h6-8H,2-5H2,1H3,(H,14,15). The summed E-state index contributed by atoms with van der Waals surface area (Å²) in [5.74, 6) is -1.58. The number of imidazole rings is 1. The zero-order chi connectivity index (χ0) is 13.3. The molecule has 0 amide bonds. The van der Waals surface area contributed by atoms with Crippen molar-refractivity contribution in [3.63, 3.8) is 0 Å². The minimum Gasteiger partial charge on any atom is -0.481 e. The van der Waals surface area contributed by atoms with Crippen LogP contribution in [0.4, 0.5) is 0 Å². The first-order chi connectivity index (χ1) is 8.41. The van der Waals surface area contributed by atoms with Crippen LogP contribution < -0.4 is 0 Å². The van der Waals surface area contributed by atoms with Gasteiger partial charge in [-0.15, -0.1) is 0 Å². The van der Waals surface area contributed by atoms with Crippen molar-refractivity contribution >= 4 is 16.0 Å². The number of carbonyl (C=O) groups is 1. The van der Waals surface area contributed by atoms with Crippen LogP contribution in [-0.2, 0) is 21.9 Å². The van der Waals surface area contributed by atoms with Gasteiger partial charge in [-0.2, -0.15) is 4.31 Å². The van der Waals surface area contributed by atoms with Crippen molar-refractivity contribution in [2.75, 3.05) is 13.1 Å². The first-order valence-electron chi connectivity index (χ1n) is 5.62. The van der Waals surface area contributed by atoms with Crippen LogP contribution in [0.5, 0.6) is 0 Å². The average Bonchev–Trinajstić information content (AvgIpc) is 2.77. The molecule has 1 N–H and O–H groups in total. The van der Waals surface area contributed by atoms with Gasteiger partial charge in [-0.05, 0) is 12.8 Å². The van der Waals surface area contributed by atoms with Crippen molar-refractivity contribution in [2.45, 2.75) is 17.9 Å². The summed E-state index contributed by atoms with van der Waals surface area (Å²) in [5.41, 5.74) is 0. The van der Waals surface area contributed by atoms with Gasteiger partial charge in [0, 0.05) is 26.3 Å². The third kappa shape index (κ3) is 2.39. The second-order valence-electron chi connectivity index (χ2n) is 4.42. The van der Waals surface area contributed by atoms with Crippen LogP contribution in [-0.4, -0.2) is 46.4 Å². The molecule has 0 saturated carbocycles. The second kappa shape index (κ2) is 4.69. The van der Waals surface area contributed by atoms with Crippen molar-refractivity contribution < 1.29 is 18.3 Å². The Labute approximate surface area is 105 Å². The Morgan fingerprint density at radius 1 is 1.56 bits per heavy atom. The Hall–Kier alpha value is -1.41. The molecule has 1 saturated heterocycles. The predicted molar refractivity (Wildman–Crippen MR) is 62.3 cm³/mol. The Kier molecular flexibility index (Phi) is 3.40. The van der Waals surface area contributed by atoms with Crippen LogP contribution in [0.15, 0.2) is 17.6 Å². The van der Waals surface area contributed by atoms with Gasteiger partial charge >= 0.3 is 5.97 Å². The minimum atomic E-state index is -3.67. The van der Waals surface area contributed by atoms with Gasteiger partial charge in [-0.3, -0.25) is 4.79 Å². The van der Waals surface area contributed by atoms with Crippen molar-refractivity contribution in [3.05, 3.63) is 12.5 Å². The lowest BCUT2D eigenvalue weighted by Gasteiger charge is -2.29. The summed E-state index contributed by atoms with van der Waals surface area (Å²) in [6.07, 6.45) is 3.90. The number of sulfonamides is 1. The van der Waals surface area contributed by atoms with Crippen LogP contribution in [0.3, 0.4) is 0 Å². The molecule has 2 rings (SSSR count). The normalized spacial score (nSPS) is 21.9. The highest BCUT2D eigenvalue weighted by Crippen LogP contribution is 2.22. The summed E-state index contributed by atoms with van der Waals surface area (Å²) in [4.78, 5) is 14.7. The van der Waals surface area contributed by atoms with E-state index < -0.39 is 21.9 Å². The highest BCUT2D eigenvalue weighted by Gasteiger charge is 2.34. The van der Waals surface area contributed by atoms with Crippen molar-refractivity contribution in [2.24, 2.45) is 13.0 Å². The van der Waals surface area contributed by atoms with E-state index in [1.54, 1.807) is 11.6 Å². The van der Waals surface area contributed by atoms with Gasteiger partial charge in [-0.25, -0.2) is 13.4 Å². The van der Waals surface area contributed by atoms with E-state index >= 15 is 0 Å². The summed E-state index contributed by atoms with van der Waals surface area (Å²) in [6.45, 7) is 0.372. The molecule has 1 atom stereocenters. The summed E-state index contributed by atoms with van der Waals surface area (Å²) in [6, 6.07) is 0. The molecule has 1 aromatic heterocycles. The molecule has 1 aromatic rings. The summed E-state index contributed by atoms with van der Waals surface area (Å²) < 4.78 is 27.2. The third-order valence-electron chi connectivity index (χ3n) is 3.02. The number of hydrogen-bond acceptors (Lipinski definition) is 4. The molecule has 1 fully saturated rings. The lowest BCUT2D eigenvalue weighted by atomic mass is 10.0. The maximum absolute atomic E-state index is 12.2. The van der Waals surface area contributed by atoms with Gasteiger partial charge in [0.15, 0.2) is 5.03 Å². The van der Waals surface area contributed by atoms with Crippen molar-refractivity contribution in [1.29, 1.82) is 0 Å². The quantitative estimate of drug-likeness (QED) is 0.830. The first kappa shape index (κ1) is 13.0. The van der Waals surface area contributed by atoms with Crippen LogP contribution in [0.1, 0.15) is 12.8 Å². The molecule has 100 valence electrons. The molecule has 0 spiro atoms. The molecule has 0 bridgehead atoms. The Morgan fingerprint density at radius 2 is 2.28 bits per heavy atom. The monoisotopic (exact) mass is 273 g/mol. The molecule has 1 aliphatic rings. The number of piperidine rings is 1. The Bertz CT molecular complexity index is 551. The van der Waals surface area contributed by atoms with Crippen LogP contribution in [0.25, 0.3) is 0 Å². The SMILES string of the molecule is Cn1cnc(S(=O)(=O)N2CCCC(C(=O)O)C2)c1. The summed E-state index contributed by atoms with van der Waals surface area (Å²) in [5, 5.41) is 8.92. The lowest BCUT2D eigenvalue weighted by molar-refractivity contribution is -0.142.